The molecule has 0 fully saturated rings. The van der Waals surface area contributed by atoms with Gasteiger partial charge in [0.05, 0.1) is 6.61 Å². The van der Waals surface area contributed by atoms with Gasteiger partial charge in [-0.2, -0.15) is 0 Å². The van der Waals surface area contributed by atoms with E-state index in [4.69, 9.17) is 4.74 Å². The van der Waals surface area contributed by atoms with Gasteiger partial charge in [-0.3, -0.25) is 4.79 Å². The first-order valence-corrected chi connectivity index (χ1v) is 12.8. The summed E-state index contributed by atoms with van der Waals surface area (Å²) in [6.45, 7) is 1.95. The van der Waals surface area contributed by atoms with Gasteiger partial charge in [0.1, 0.15) is 6.04 Å². The van der Waals surface area contributed by atoms with E-state index in [1.54, 1.807) is 13.0 Å². The zero-order valence-corrected chi connectivity index (χ0v) is 22.2. The molecule has 0 saturated carbocycles. The van der Waals surface area contributed by atoms with Crippen LogP contribution in [0.25, 0.3) is 10.8 Å². The second kappa shape index (κ2) is 11.5. The van der Waals surface area contributed by atoms with E-state index in [2.05, 4.69) is 42.5 Å². The molecule has 0 aliphatic carbocycles. The van der Waals surface area contributed by atoms with Crippen LogP contribution in [0, 0.1) is 0 Å². The Balaban J connectivity index is 1.75. The van der Waals surface area contributed by atoms with Gasteiger partial charge in [0.25, 0.3) is 0 Å². The zero-order chi connectivity index (χ0) is 24.8. The molecule has 0 bridgehead atoms. The van der Waals surface area contributed by atoms with E-state index < -0.39 is 18.1 Å². The van der Waals surface area contributed by atoms with E-state index in [9.17, 15) is 9.59 Å². The lowest BCUT2D eigenvalue weighted by molar-refractivity contribution is -0.144. The number of rotatable bonds is 9. The summed E-state index contributed by atoms with van der Waals surface area (Å²) in [5, 5.41) is 8.49. The Bertz CT molecular complexity index is 1320. The number of anilines is 2. The van der Waals surface area contributed by atoms with Crippen molar-refractivity contribution in [2.45, 2.75) is 19.0 Å². The highest BCUT2D eigenvalue weighted by atomic mass is 79.9. The van der Waals surface area contributed by atoms with Crippen LogP contribution in [0.15, 0.2) is 99.9 Å². The first-order valence-electron chi connectivity index (χ1n) is 11.2. The summed E-state index contributed by atoms with van der Waals surface area (Å²) < 4.78 is 7.21. The van der Waals surface area contributed by atoms with Crippen LogP contribution in [-0.2, 0) is 9.53 Å². The van der Waals surface area contributed by atoms with Crippen molar-refractivity contribution < 1.29 is 14.3 Å². The van der Waals surface area contributed by atoms with Crippen LogP contribution in [-0.4, -0.2) is 30.4 Å². The lowest BCUT2D eigenvalue weighted by Gasteiger charge is -2.28. The number of carbonyl (C=O) groups excluding carboxylic acids is 2. The fourth-order valence-electron chi connectivity index (χ4n) is 3.78. The standard InChI is InChI=1S/C28H24Br2N2O3/c1-2-35-28(34)26(32-24-15-11-22(30)12-16-24)25(31-23-13-9-21(29)10-14-23)27(33)20-8-7-18-5-3-4-6-19(18)17-20/h3-17,25-26,31-32H,2H2,1H3/t25-,26+/m0/s1. The van der Waals surface area contributed by atoms with Crippen LogP contribution in [0.2, 0.25) is 0 Å². The molecule has 4 aromatic carbocycles. The molecule has 178 valence electrons. The molecular weight excluding hydrogens is 572 g/mol. The van der Waals surface area contributed by atoms with Crippen molar-refractivity contribution in [3.05, 3.63) is 106 Å². The average molecular weight is 596 g/mol. The van der Waals surface area contributed by atoms with Gasteiger partial charge in [-0.05, 0) is 72.3 Å². The molecule has 0 aliphatic heterocycles. The number of fused-ring (bicyclic) bond motifs is 1. The summed E-state index contributed by atoms with van der Waals surface area (Å²) in [7, 11) is 0. The minimum Gasteiger partial charge on any atom is -0.464 e. The molecule has 4 aromatic rings. The number of esters is 1. The van der Waals surface area contributed by atoms with E-state index in [-0.39, 0.29) is 12.4 Å². The zero-order valence-electron chi connectivity index (χ0n) is 19.0. The molecule has 0 amide bonds. The van der Waals surface area contributed by atoms with Crippen molar-refractivity contribution in [3.63, 3.8) is 0 Å². The number of ether oxygens (including phenoxy) is 1. The minimum absolute atomic E-state index is 0.201. The highest BCUT2D eigenvalue weighted by molar-refractivity contribution is 9.10. The Morgan fingerprint density at radius 1 is 0.743 bits per heavy atom. The smallest absolute Gasteiger partial charge is 0.331 e. The summed E-state index contributed by atoms with van der Waals surface area (Å²) in [5.74, 6) is -0.736. The molecule has 0 unspecified atom stereocenters. The molecule has 2 N–H and O–H groups in total. The number of benzene rings is 4. The molecule has 0 aromatic heterocycles. The van der Waals surface area contributed by atoms with Crippen LogP contribution in [0.4, 0.5) is 11.4 Å². The van der Waals surface area contributed by atoms with Gasteiger partial charge in [-0.1, -0.05) is 68.3 Å². The number of carbonyl (C=O) groups is 2. The lowest BCUT2D eigenvalue weighted by Crippen LogP contribution is -2.50. The maximum Gasteiger partial charge on any atom is 0.331 e. The number of ketones is 1. The fraction of sp³-hybridized carbons (Fsp3) is 0.143. The average Bonchev–Trinajstić information content (AvgIpc) is 2.87. The van der Waals surface area contributed by atoms with E-state index in [0.29, 0.717) is 16.9 Å². The fourth-order valence-corrected chi connectivity index (χ4v) is 4.31. The maximum absolute atomic E-state index is 13.9. The van der Waals surface area contributed by atoms with Crippen LogP contribution in [0.5, 0.6) is 0 Å². The quantitative estimate of drug-likeness (QED) is 0.160. The Labute approximate surface area is 221 Å². The second-order valence-corrected chi connectivity index (χ2v) is 9.77. The summed E-state index contributed by atoms with van der Waals surface area (Å²) >= 11 is 6.87. The summed E-state index contributed by atoms with van der Waals surface area (Å²) in [6.07, 6.45) is 0. The number of hydrogen-bond donors (Lipinski definition) is 2. The van der Waals surface area contributed by atoms with Gasteiger partial charge in [0, 0.05) is 25.9 Å². The predicted molar refractivity (Wildman–Crippen MR) is 148 cm³/mol. The summed E-state index contributed by atoms with van der Waals surface area (Å²) in [6, 6.07) is 26.4. The van der Waals surface area contributed by atoms with Gasteiger partial charge in [0.2, 0.25) is 0 Å². The normalized spacial score (nSPS) is 12.5. The van der Waals surface area contributed by atoms with E-state index in [0.717, 1.165) is 19.7 Å². The lowest BCUT2D eigenvalue weighted by atomic mass is 9.95. The minimum atomic E-state index is -0.973. The van der Waals surface area contributed by atoms with Crippen LogP contribution in [0.1, 0.15) is 17.3 Å². The first kappa shape index (κ1) is 24.9. The number of halogens is 2. The molecule has 35 heavy (non-hydrogen) atoms. The topological polar surface area (TPSA) is 67.4 Å². The van der Waals surface area contributed by atoms with Crippen molar-refractivity contribution in [3.8, 4) is 0 Å². The monoisotopic (exact) mass is 594 g/mol. The number of nitrogens with one attached hydrogen (secondary N) is 2. The van der Waals surface area contributed by atoms with Crippen molar-refractivity contribution in [2.24, 2.45) is 0 Å². The van der Waals surface area contributed by atoms with Gasteiger partial charge in [0.15, 0.2) is 11.8 Å². The predicted octanol–water partition coefficient (Wildman–Crippen LogP) is 7.07. The molecule has 4 rings (SSSR count). The number of hydrogen-bond acceptors (Lipinski definition) is 5. The highest BCUT2D eigenvalue weighted by Crippen LogP contribution is 2.23. The Morgan fingerprint density at radius 3 is 1.86 bits per heavy atom. The molecule has 5 nitrogen and oxygen atoms in total. The van der Waals surface area contributed by atoms with Crippen LogP contribution >= 0.6 is 31.9 Å². The van der Waals surface area contributed by atoms with Crippen molar-refractivity contribution in [2.75, 3.05) is 17.2 Å². The van der Waals surface area contributed by atoms with E-state index >= 15 is 0 Å². The van der Waals surface area contributed by atoms with Crippen LogP contribution in [0.3, 0.4) is 0 Å². The van der Waals surface area contributed by atoms with Crippen LogP contribution < -0.4 is 10.6 Å². The van der Waals surface area contributed by atoms with Crippen molar-refractivity contribution in [1.82, 2.24) is 0 Å². The molecular formula is C28H24Br2N2O3. The largest absolute Gasteiger partial charge is 0.464 e. The molecule has 0 radical (unpaired) electrons. The Kier molecular flexibility index (Phi) is 8.21. The third-order valence-electron chi connectivity index (χ3n) is 5.52. The second-order valence-electron chi connectivity index (χ2n) is 7.94. The first-order chi connectivity index (χ1) is 16.9. The molecule has 0 spiro atoms. The Morgan fingerprint density at radius 2 is 1.29 bits per heavy atom. The molecule has 2 atom stereocenters. The summed E-state index contributed by atoms with van der Waals surface area (Å²) in [5.41, 5.74) is 1.91. The van der Waals surface area contributed by atoms with E-state index in [1.807, 2.05) is 84.9 Å². The molecule has 0 saturated heterocycles. The van der Waals surface area contributed by atoms with Gasteiger partial charge in [-0.15, -0.1) is 0 Å². The van der Waals surface area contributed by atoms with Gasteiger partial charge in [-0.25, -0.2) is 4.79 Å². The number of Topliss-reactive ketones (excluding diaryl/α,β-unsaturated/α-hetero) is 1. The van der Waals surface area contributed by atoms with Gasteiger partial charge < -0.3 is 15.4 Å². The van der Waals surface area contributed by atoms with Crippen molar-refractivity contribution >= 4 is 65.8 Å². The molecule has 7 heteroatoms. The maximum atomic E-state index is 13.9. The highest BCUT2D eigenvalue weighted by Gasteiger charge is 2.36. The van der Waals surface area contributed by atoms with Gasteiger partial charge >= 0.3 is 5.97 Å². The SMILES string of the molecule is CCOC(=O)[C@H](Nc1ccc(Br)cc1)[C@H](Nc1ccc(Br)cc1)C(=O)c1ccc2ccccc2c1. The van der Waals surface area contributed by atoms with Crippen molar-refractivity contribution in [1.29, 1.82) is 0 Å². The third-order valence-corrected chi connectivity index (χ3v) is 6.58. The third kappa shape index (κ3) is 6.29. The molecule has 0 heterocycles. The summed E-state index contributed by atoms with van der Waals surface area (Å²) in [4.78, 5) is 27.1. The molecule has 0 aliphatic rings. The van der Waals surface area contributed by atoms with E-state index in [1.165, 1.54) is 0 Å². The Hall–Kier alpha value is -3.16.